The second kappa shape index (κ2) is 12.6. The first-order valence-electron chi connectivity index (χ1n) is 9.97. The number of carbonyl (C=O) groups is 2. The summed E-state index contributed by atoms with van der Waals surface area (Å²) < 4.78 is 28.8. The lowest BCUT2D eigenvalue weighted by molar-refractivity contribution is -0.131. The minimum Gasteiger partial charge on any atom is -0.477 e. The van der Waals surface area contributed by atoms with E-state index in [-0.39, 0.29) is 28.6 Å². The highest BCUT2D eigenvalue weighted by Gasteiger charge is 2.20. The molecule has 0 fully saturated rings. The summed E-state index contributed by atoms with van der Waals surface area (Å²) in [6, 6.07) is 5.13. The molecule has 5 N–H and O–H groups in total. The molecule has 1 amide bonds. The van der Waals surface area contributed by atoms with Crippen LogP contribution in [0.2, 0.25) is 0 Å². The van der Waals surface area contributed by atoms with Crippen LogP contribution in [0.1, 0.15) is 30.3 Å². The highest BCUT2D eigenvalue weighted by Crippen LogP contribution is 2.38. The second-order valence-corrected chi connectivity index (χ2v) is 9.49. The SMILES string of the molecule is C/C(=C(\CCOP(=O)(O)O)S/C(=C/c1ccc(F)cc1)C(=O)O)N(C=O)Cc1cnc(C)nc1N. The third-order valence-electron chi connectivity index (χ3n) is 4.52. The normalized spacial score (nSPS) is 12.8. The maximum absolute atomic E-state index is 13.2. The van der Waals surface area contributed by atoms with Gasteiger partial charge in [-0.15, -0.1) is 0 Å². The van der Waals surface area contributed by atoms with Crippen LogP contribution in [0, 0.1) is 12.7 Å². The summed E-state index contributed by atoms with van der Waals surface area (Å²) in [5.74, 6) is -1.18. The number of carboxylic acids is 1. The van der Waals surface area contributed by atoms with Crippen LogP contribution in [0.25, 0.3) is 6.08 Å². The van der Waals surface area contributed by atoms with Crippen LogP contribution in [0.4, 0.5) is 10.2 Å². The predicted octanol–water partition coefficient (Wildman–Crippen LogP) is 3.05. The molecule has 1 aromatic heterocycles. The fraction of sp³-hybridized carbons (Fsp3) is 0.238. The van der Waals surface area contributed by atoms with Crippen LogP contribution in [-0.2, 0) is 25.2 Å². The number of allylic oxidation sites excluding steroid dienone is 1. The number of anilines is 1. The van der Waals surface area contributed by atoms with Gasteiger partial charge in [0.1, 0.15) is 17.5 Å². The lowest BCUT2D eigenvalue weighted by atomic mass is 10.2. The van der Waals surface area contributed by atoms with E-state index in [0.717, 1.165) is 11.8 Å². The number of phosphoric acid groups is 1. The number of aliphatic carboxylic acids is 1. The zero-order valence-corrected chi connectivity index (χ0v) is 20.5. The van der Waals surface area contributed by atoms with E-state index < -0.39 is 26.2 Å². The first-order valence-corrected chi connectivity index (χ1v) is 12.3. The smallest absolute Gasteiger partial charge is 0.469 e. The summed E-state index contributed by atoms with van der Waals surface area (Å²) in [6.07, 6.45) is 3.14. The number of aryl methyl sites for hydroxylation is 1. The minimum atomic E-state index is -4.78. The van der Waals surface area contributed by atoms with Gasteiger partial charge in [-0.2, -0.15) is 0 Å². The van der Waals surface area contributed by atoms with Gasteiger partial charge >= 0.3 is 13.8 Å². The number of thioether (sulfide) groups is 1. The van der Waals surface area contributed by atoms with Crippen molar-refractivity contribution >= 4 is 43.9 Å². The fourth-order valence-corrected chi connectivity index (χ4v) is 4.08. The van der Waals surface area contributed by atoms with E-state index in [9.17, 15) is 23.7 Å². The Balaban J connectivity index is 2.43. The molecule has 0 aliphatic rings. The topological polar surface area (TPSA) is 176 Å². The Morgan fingerprint density at radius 1 is 1.31 bits per heavy atom. The van der Waals surface area contributed by atoms with E-state index in [1.54, 1.807) is 6.92 Å². The van der Waals surface area contributed by atoms with Crippen molar-refractivity contribution in [2.75, 3.05) is 12.3 Å². The molecule has 0 atom stereocenters. The highest BCUT2D eigenvalue weighted by atomic mass is 32.2. The number of nitrogen functional groups attached to an aromatic ring is 1. The van der Waals surface area contributed by atoms with Crippen molar-refractivity contribution in [1.29, 1.82) is 0 Å². The third-order valence-corrected chi connectivity index (χ3v) is 6.30. The number of rotatable bonds is 12. The molecule has 2 rings (SSSR count). The highest BCUT2D eigenvalue weighted by molar-refractivity contribution is 8.07. The van der Waals surface area contributed by atoms with Crippen molar-refractivity contribution < 1.29 is 38.0 Å². The van der Waals surface area contributed by atoms with Crippen LogP contribution >= 0.6 is 19.6 Å². The number of hydrogen-bond donors (Lipinski definition) is 4. The summed E-state index contributed by atoms with van der Waals surface area (Å²) in [5.41, 5.74) is 7.06. The molecule has 0 radical (unpaired) electrons. The number of benzene rings is 1. The quantitative estimate of drug-likeness (QED) is 0.182. The molecule has 0 saturated carbocycles. The first-order chi connectivity index (χ1) is 16.4. The number of amides is 1. The molecule has 0 bridgehead atoms. The number of phosphoric ester groups is 1. The molecule has 0 unspecified atom stereocenters. The van der Waals surface area contributed by atoms with Gasteiger partial charge in [-0.1, -0.05) is 23.9 Å². The molecule has 35 heavy (non-hydrogen) atoms. The van der Waals surface area contributed by atoms with E-state index >= 15 is 0 Å². The zero-order valence-electron chi connectivity index (χ0n) is 18.8. The number of carbonyl (C=O) groups excluding carboxylic acids is 1. The monoisotopic (exact) mass is 526 g/mol. The van der Waals surface area contributed by atoms with Crippen molar-refractivity contribution in [2.45, 2.75) is 26.8 Å². The molecule has 2 aromatic rings. The number of halogens is 1. The molecule has 1 aromatic carbocycles. The van der Waals surface area contributed by atoms with Gasteiger partial charge in [0.15, 0.2) is 0 Å². The van der Waals surface area contributed by atoms with Gasteiger partial charge in [-0.05, 0) is 37.6 Å². The van der Waals surface area contributed by atoms with Crippen LogP contribution < -0.4 is 5.73 Å². The zero-order chi connectivity index (χ0) is 26.2. The number of hydrogen-bond acceptors (Lipinski definition) is 8. The Bertz CT molecular complexity index is 1180. The molecule has 188 valence electrons. The Kier molecular flexibility index (Phi) is 10.1. The Morgan fingerprint density at radius 2 is 1.97 bits per heavy atom. The number of nitrogens with two attached hydrogens (primary N) is 1. The lowest BCUT2D eigenvalue weighted by Crippen LogP contribution is -2.22. The number of carboxylic acid groups (broad SMARTS) is 1. The Hall–Kier alpha value is -3.09. The molecular formula is C21H24FN4O7PS. The van der Waals surface area contributed by atoms with Gasteiger partial charge in [-0.25, -0.2) is 23.7 Å². The molecule has 14 heteroatoms. The molecule has 0 aliphatic carbocycles. The maximum atomic E-state index is 13.2. The van der Waals surface area contributed by atoms with E-state index in [0.29, 0.717) is 29.1 Å². The van der Waals surface area contributed by atoms with Gasteiger partial charge in [0, 0.05) is 28.8 Å². The average Bonchev–Trinajstić information content (AvgIpc) is 2.77. The minimum absolute atomic E-state index is 0.0328. The van der Waals surface area contributed by atoms with Gasteiger partial charge in [0.2, 0.25) is 6.41 Å². The summed E-state index contributed by atoms with van der Waals surface area (Å²) in [5, 5.41) is 9.71. The third kappa shape index (κ3) is 9.23. The van der Waals surface area contributed by atoms with Gasteiger partial charge in [-0.3, -0.25) is 9.32 Å². The molecule has 0 saturated heterocycles. The van der Waals surface area contributed by atoms with Crippen LogP contribution in [0.5, 0.6) is 0 Å². The van der Waals surface area contributed by atoms with Crippen molar-refractivity contribution in [2.24, 2.45) is 0 Å². The predicted molar refractivity (Wildman–Crippen MR) is 128 cm³/mol. The molecule has 1 heterocycles. The van der Waals surface area contributed by atoms with Crippen LogP contribution in [0.15, 0.2) is 46.0 Å². The Labute approximate surface area is 204 Å². The van der Waals surface area contributed by atoms with Gasteiger partial charge in [0.05, 0.1) is 18.1 Å². The van der Waals surface area contributed by atoms with Crippen molar-refractivity contribution in [3.8, 4) is 0 Å². The average molecular weight is 526 g/mol. The van der Waals surface area contributed by atoms with Crippen LogP contribution in [-0.4, -0.2) is 48.7 Å². The van der Waals surface area contributed by atoms with Crippen molar-refractivity contribution in [3.05, 3.63) is 68.7 Å². The summed E-state index contributed by atoms with van der Waals surface area (Å²) in [6.45, 7) is 2.71. The maximum Gasteiger partial charge on any atom is 0.469 e. The van der Waals surface area contributed by atoms with E-state index in [1.807, 2.05) is 0 Å². The van der Waals surface area contributed by atoms with Gasteiger partial charge in [0.25, 0.3) is 0 Å². The van der Waals surface area contributed by atoms with Crippen molar-refractivity contribution in [1.82, 2.24) is 14.9 Å². The number of aromatic nitrogens is 2. The van der Waals surface area contributed by atoms with Crippen LogP contribution in [0.3, 0.4) is 0 Å². The second-order valence-electron chi connectivity index (χ2n) is 7.11. The van der Waals surface area contributed by atoms with Gasteiger partial charge < -0.3 is 25.5 Å². The molecule has 0 aliphatic heterocycles. The van der Waals surface area contributed by atoms with Crippen molar-refractivity contribution in [3.63, 3.8) is 0 Å². The molecular weight excluding hydrogens is 502 g/mol. The lowest BCUT2D eigenvalue weighted by Gasteiger charge is -2.22. The molecule has 11 nitrogen and oxygen atoms in total. The van der Waals surface area contributed by atoms with E-state index in [4.69, 9.17) is 15.5 Å². The van der Waals surface area contributed by atoms with E-state index in [1.165, 1.54) is 48.4 Å². The molecule has 0 spiro atoms. The number of nitrogens with zero attached hydrogens (tertiary/aromatic N) is 3. The Morgan fingerprint density at radius 3 is 2.51 bits per heavy atom. The first kappa shape index (κ1) is 28.1. The summed E-state index contributed by atoms with van der Waals surface area (Å²) in [4.78, 5) is 51.2. The summed E-state index contributed by atoms with van der Waals surface area (Å²) >= 11 is 0.768. The fourth-order valence-electron chi connectivity index (χ4n) is 2.75. The largest absolute Gasteiger partial charge is 0.477 e. The van der Waals surface area contributed by atoms with E-state index in [2.05, 4.69) is 14.5 Å². The standard InChI is InChI=1S/C21H24FN4O7PS/c1-13(26(12-27)11-16-10-24-14(2)25-20(16)23)18(7-8-33-34(30,31)32)35-19(21(28)29)9-15-3-5-17(22)6-4-15/h3-6,9-10,12H,7-8,11H2,1-2H3,(H,28,29)(H2,23,24,25)(H2,30,31,32)/b18-13-,19-9+. The summed E-state index contributed by atoms with van der Waals surface area (Å²) in [7, 11) is -4.78.